The second-order valence-electron chi connectivity index (χ2n) is 5.74. The van der Waals surface area contributed by atoms with Gasteiger partial charge in [-0.25, -0.2) is 0 Å². The van der Waals surface area contributed by atoms with Gasteiger partial charge in [0.05, 0.1) is 5.69 Å². The molecule has 116 valence electrons. The normalized spacial score (nSPS) is 14.4. The van der Waals surface area contributed by atoms with Crippen LogP contribution in [0.25, 0.3) is 0 Å². The molecule has 1 heterocycles. The number of benzene rings is 2. The van der Waals surface area contributed by atoms with E-state index < -0.39 is 0 Å². The predicted molar refractivity (Wildman–Crippen MR) is 91.0 cm³/mol. The third kappa shape index (κ3) is 4.68. The van der Waals surface area contributed by atoms with Gasteiger partial charge in [-0.15, -0.1) is 5.75 Å². The van der Waals surface area contributed by atoms with E-state index in [-0.39, 0.29) is 35.3 Å². The smallest absolute Gasteiger partial charge is 0.872 e. The number of rotatable bonds is 3. The number of hydrogen-bond donors (Lipinski definition) is 1. The van der Waals surface area contributed by atoms with Crippen molar-refractivity contribution in [3.63, 3.8) is 0 Å². The van der Waals surface area contributed by atoms with E-state index in [1.165, 1.54) is 21.7 Å². The van der Waals surface area contributed by atoms with Gasteiger partial charge in [0.2, 0.25) is 0 Å². The number of aryl methyl sites for hydroxylation is 2. The van der Waals surface area contributed by atoms with Gasteiger partial charge in [-0.3, -0.25) is 0 Å². The van der Waals surface area contributed by atoms with Gasteiger partial charge < -0.3 is 15.3 Å². The Bertz CT molecular complexity index is 672. The molecule has 0 aliphatic carbocycles. The van der Waals surface area contributed by atoms with E-state index >= 15 is 0 Å². The topological polar surface area (TPSA) is 38.3 Å². The molecule has 3 rings (SSSR count). The van der Waals surface area contributed by atoms with Crippen molar-refractivity contribution in [2.45, 2.75) is 23.6 Å². The van der Waals surface area contributed by atoms with Gasteiger partial charge in [0.1, 0.15) is 0 Å². The average molecular weight is 336 g/mol. The molecule has 0 saturated carbocycles. The largest absolute Gasteiger partial charge is 1.00 e. The first-order chi connectivity index (χ1) is 10.6. The van der Waals surface area contributed by atoms with Crippen LogP contribution < -0.4 is 44.9 Å². The van der Waals surface area contributed by atoms with E-state index in [9.17, 15) is 5.11 Å². The molecule has 0 bridgehead atoms. The van der Waals surface area contributed by atoms with Crippen LogP contribution in [-0.4, -0.2) is 26.2 Å². The molecule has 0 amide bonds. The second kappa shape index (κ2) is 8.45. The van der Waals surface area contributed by atoms with E-state index in [1.54, 1.807) is 23.9 Å². The van der Waals surface area contributed by atoms with E-state index in [1.807, 2.05) is 6.07 Å². The van der Waals surface area contributed by atoms with E-state index in [4.69, 9.17) is 0 Å². The Hall–Kier alpha value is -0.650. The Morgan fingerprint density at radius 2 is 1.74 bits per heavy atom. The Balaban J connectivity index is 0.00000192. The van der Waals surface area contributed by atoms with Crippen LogP contribution in [0, 0.1) is 13.8 Å². The quantitative estimate of drug-likeness (QED) is 0.797. The summed E-state index contributed by atoms with van der Waals surface area (Å²) >= 11 is 1.70. The van der Waals surface area contributed by atoms with Crippen molar-refractivity contribution < 1.29 is 34.7 Å². The van der Waals surface area contributed by atoms with Gasteiger partial charge in [0, 0.05) is 36.0 Å². The van der Waals surface area contributed by atoms with Crippen molar-refractivity contribution in [1.29, 1.82) is 0 Å². The first-order valence-electron chi connectivity index (χ1n) is 7.65. The van der Waals surface area contributed by atoms with Crippen molar-refractivity contribution in [1.82, 2.24) is 5.32 Å². The predicted octanol–water partition coefficient (Wildman–Crippen LogP) is -0.0582. The molecule has 0 aromatic heterocycles. The molecule has 2 aromatic carbocycles. The van der Waals surface area contributed by atoms with Crippen LogP contribution in [0.5, 0.6) is 5.75 Å². The van der Waals surface area contributed by atoms with Crippen molar-refractivity contribution in [3.05, 3.63) is 47.5 Å². The summed E-state index contributed by atoms with van der Waals surface area (Å²) in [4.78, 5) is 4.64. The first-order valence-corrected chi connectivity index (χ1v) is 8.47. The maximum atomic E-state index is 11.8. The molecule has 1 saturated heterocycles. The fraction of sp³-hybridized carbons (Fsp3) is 0.333. The van der Waals surface area contributed by atoms with E-state index in [2.05, 4.69) is 42.3 Å². The molecule has 1 aliphatic rings. The molecule has 23 heavy (non-hydrogen) atoms. The van der Waals surface area contributed by atoms with E-state index in [0.29, 0.717) is 0 Å². The zero-order valence-electron chi connectivity index (χ0n) is 14.1. The maximum Gasteiger partial charge on any atom is 1.00 e. The Kier molecular flexibility index (Phi) is 6.86. The third-order valence-corrected chi connectivity index (χ3v) is 5.16. The molecule has 1 N–H and O–H groups in total. The van der Waals surface area contributed by atoms with Crippen LogP contribution in [-0.2, 0) is 0 Å². The first kappa shape index (κ1) is 18.7. The van der Waals surface area contributed by atoms with Crippen LogP contribution in [0.1, 0.15) is 11.1 Å². The van der Waals surface area contributed by atoms with Crippen LogP contribution in [0.4, 0.5) is 5.69 Å². The molecular weight excluding hydrogens is 315 g/mol. The Morgan fingerprint density at radius 1 is 1.00 bits per heavy atom. The summed E-state index contributed by atoms with van der Waals surface area (Å²) in [6.45, 7) is 8.18. The summed E-state index contributed by atoms with van der Waals surface area (Å²) in [7, 11) is 0. The molecule has 0 spiro atoms. The summed E-state index contributed by atoms with van der Waals surface area (Å²) in [6.07, 6.45) is 0. The van der Waals surface area contributed by atoms with Gasteiger partial charge in [0.15, 0.2) is 0 Å². The van der Waals surface area contributed by atoms with Crippen molar-refractivity contribution in [2.75, 3.05) is 31.1 Å². The minimum Gasteiger partial charge on any atom is -0.872 e. The number of nitrogens with zero attached hydrogens (tertiary/aromatic N) is 1. The zero-order valence-corrected chi connectivity index (χ0v) is 16.9. The van der Waals surface area contributed by atoms with Crippen LogP contribution in [0.3, 0.4) is 0 Å². The summed E-state index contributed by atoms with van der Waals surface area (Å²) in [5.41, 5.74) is 3.69. The molecule has 1 aliphatic heterocycles. The van der Waals surface area contributed by atoms with Gasteiger partial charge >= 0.3 is 29.6 Å². The van der Waals surface area contributed by atoms with Gasteiger partial charge in [-0.1, -0.05) is 41.6 Å². The van der Waals surface area contributed by atoms with Crippen LogP contribution in [0.2, 0.25) is 0 Å². The van der Waals surface area contributed by atoms with Gasteiger partial charge in [0.25, 0.3) is 0 Å². The maximum absolute atomic E-state index is 11.8. The van der Waals surface area contributed by atoms with Crippen LogP contribution in [0.15, 0.2) is 46.2 Å². The number of anilines is 1. The molecule has 1 fully saturated rings. The number of piperazine rings is 1. The Morgan fingerprint density at radius 3 is 2.43 bits per heavy atom. The molecule has 0 atom stereocenters. The summed E-state index contributed by atoms with van der Waals surface area (Å²) in [5.74, 6) is 0.0751. The molecule has 5 heteroatoms. The number of hydrogen-bond acceptors (Lipinski definition) is 4. The average Bonchev–Trinajstić information content (AvgIpc) is 2.51. The molecule has 2 aromatic rings. The van der Waals surface area contributed by atoms with Crippen LogP contribution >= 0.6 is 11.8 Å². The van der Waals surface area contributed by atoms with Gasteiger partial charge in [-0.05, 0) is 31.5 Å². The number of nitrogens with one attached hydrogen (secondary N) is 1. The fourth-order valence-corrected chi connectivity index (χ4v) is 3.85. The van der Waals surface area contributed by atoms with Crippen molar-refractivity contribution >= 4 is 17.4 Å². The van der Waals surface area contributed by atoms with E-state index in [0.717, 1.165) is 31.1 Å². The second-order valence-corrected chi connectivity index (χ2v) is 6.82. The van der Waals surface area contributed by atoms with Crippen molar-refractivity contribution in [3.8, 4) is 5.75 Å². The minimum atomic E-state index is 0. The molecule has 3 nitrogen and oxygen atoms in total. The SMILES string of the molecule is Cc1ccc(Sc2cc([O-])ccc2N2CCNCC2)c(C)c1.[Na+]. The molecule has 0 unspecified atom stereocenters. The third-order valence-electron chi connectivity index (χ3n) is 3.94. The van der Waals surface area contributed by atoms with Gasteiger partial charge in [-0.2, -0.15) is 0 Å². The summed E-state index contributed by atoms with van der Waals surface area (Å²) < 4.78 is 0. The minimum absolute atomic E-state index is 0. The fourth-order valence-electron chi connectivity index (χ4n) is 2.78. The monoisotopic (exact) mass is 336 g/mol. The molecule has 0 radical (unpaired) electrons. The summed E-state index contributed by atoms with van der Waals surface area (Å²) in [6, 6.07) is 11.9. The Labute approximate surface area is 164 Å². The standard InChI is InChI=1S/C18H22N2OS.Na/c1-13-3-6-17(14(2)11-13)22-18-12-15(21)4-5-16(18)20-9-7-19-8-10-20;/h3-6,11-12,19,21H,7-10H2,1-2H3;/q;+1/p-1. The summed E-state index contributed by atoms with van der Waals surface area (Å²) in [5, 5.41) is 15.2. The zero-order chi connectivity index (χ0) is 15.5. The molecular formula is C18H21N2NaOS. The van der Waals surface area contributed by atoms with Crippen molar-refractivity contribution in [2.24, 2.45) is 0 Å².